The molecule has 0 atom stereocenters. The molecule has 1 heterocycles. The van der Waals surface area contributed by atoms with Gasteiger partial charge in [0, 0.05) is 11.8 Å². The summed E-state index contributed by atoms with van der Waals surface area (Å²) in [6.07, 6.45) is 4.32. The van der Waals surface area contributed by atoms with E-state index in [4.69, 9.17) is 10.2 Å². The van der Waals surface area contributed by atoms with E-state index in [-0.39, 0.29) is 17.4 Å². The Hall–Kier alpha value is -1.56. The van der Waals surface area contributed by atoms with Crippen molar-refractivity contribution in [2.24, 2.45) is 5.92 Å². The molecule has 5 nitrogen and oxygen atoms in total. The summed E-state index contributed by atoms with van der Waals surface area (Å²) in [5.41, 5.74) is 7.42. The van der Waals surface area contributed by atoms with Gasteiger partial charge in [0.05, 0.1) is 5.75 Å². The molecule has 0 saturated heterocycles. The van der Waals surface area contributed by atoms with Crippen molar-refractivity contribution in [3.05, 3.63) is 24.1 Å². The Bertz CT molecular complexity index is 715. The van der Waals surface area contributed by atoms with Crippen molar-refractivity contribution in [3.8, 4) is 0 Å². The van der Waals surface area contributed by atoms with E-state index < -0.39 is 9.84 Å². The van der Waals surface area contributed by atoms with Gasteiger partial charge in [-0.3, -0.25) is 0 Å². The molecule has 108 valence electrons. The second kappa shape index (κ2) is 5.09. The Morgan fingerprint density at radius 3 is 2.80 bits per heavy atom. The lowest BCUT2D eigenvalue weighted by Gasteiger charge is -2.07. The fraction of sp³-hybridized carbons (Fsp3) is 0.500. The van der Waals surface area contributed by atoms with E-state index in [9.17, 15) is 8.42 Å². The highest BCUT2D eigenvalue weighted by Gasteiger charge is 2.24. The number of anilines is 1. The Balaban J connectivity index is 1.77. The summed E-state index contributed by atoms with van der Waals surface area (Å²) in [7, 11) is -3.16. The van der Waals surface area contributed by atoms with Gasteiger partial charge < -0.3 is 10.2 Å². The molecule has 3 rings (SSSR count). The topological polar surface area (TPSA) is 86.2 Å². The van der Waals surface area contributed by atoms with Gasteiger partial charge in [-0.2, -0.15) is 0 Å². The highest BCUT2D eigenvalue weighted by molar-refractivity contribution is 7.90. The van der Waals surface area contributed by atoms with E-state index in [0.29, 0.717) is 22.7 Å². The largest absolute Gasteiger partial charge is 0.440 e. The molecule has 1 aromatic carbocycles. The number of nitrogens with zero attached hydrogens (tertiary/aromatic N) is 1. The number of oxazole rings is 1. The molecule has 1 saturated carbocycles. The zero-order valence-corrected chi connectivity index (χ0v) is 12.0. The van der Waals surface area contributed by atoms with Gasteiger partial charge in [0.25, 0.3) is 0 Å². The number of nitrogen functional groups attached to an aromatic ring is 1. The summed E-state index contributed by atoms with van der Waals surface area (Å²) in [6, 6.07) is 5.12. The van der Waals surface area contributed by atoms with Gasteiger partial charge in [-0.25, -0.2) is 13.4 Å². The monoisotopic (exact) mass is 294 g/mol. The minimum Gasteiger partial charge on any atom is -0.440 e. The second-order valence-electron chi connectivity index (χ2n) is 5.54. The van der Waals surface area contributed by atoms with Crippen LogP contribution < -0.4 is 5.73 Å². The van der Waals surface area contributed by atoms with E-state index in [1.807, 2.05) is 0 Å². The van der Waals surface area contributed by atoms with Gasteiger partial charge >= 0.3 is 0 Å². The minimum atomic E-state index is -3.16. The zero-order valence-electron chi connectivity index (χ0n) is 11.2. The molecule has 0 radical (unpaired) electrons. The summed E-state index contributed by atoms with van der Waals surface area (Å²) in [6.45, 7) is 0. The van der Waals surface area contributed by atoms with E-state index >= 15 is 0 Å². The number of fused-ring (bicyclic) bond motifs is 1. The Labute approximate surface area is 118 Å². The summed E-state index contributed by atoms with van der Waals surface area (Å²) < 4.78 is 29.8. The molecule has 20 heavy (non-hydrogen) atoms. The van der Waals surface area contributed by atoms with Gasteiger partial charge in [-0.1, -0.05) is 12.8 Å². The standard InChI is InChI=1S/C14H18N2O3S/c15-11-5-6-12-13(7-11)19-14(16-12)9-20(17,18)8-10-3-1-2-4-10/h5-7,10H,1-4,8-9,15H2. The number of hydrogen-bond acceptors (Lipinski definition) is 5. The molecular weight excluding hydrogens is 276 g/mol. The number of hydrogen-bond donors (Lipinski definition) is 1. The number of sulfone groups is 1. The number of rotatable bonds is 4. The van der Waals surface area contributed by atoms with Crippen LogP contribution in [0.4, 0.5) is 5.69 Å². The average molecular weight is 294 g/mol. The first-order valence-corrected chi connectivity index (χ1v) is 8.69. The van der Waals surface area contributed by atoms with Gasteiger partial charge in [-0.05, 0) is 30.9 Å². The van der Waals surface area contributed by atoms with Crippen LogP contribution in [-0.2, 0) is 15.6 Å². The van der Waals surface area contributed by atoms with Crippen LogP contribution in [0.2, 0.25) is 0 Å². The lowest BCUT2D eigenvalue weighted by atomic mass is 10.1. The molecule has 2 aromatic rings. The highest BCUT2D eigenvalue weighted by atomic mass is 32.2. The van der Waals surface area contributed by atoms with E-state index in [1.165, 1.54) is 0 Å². The predicted octanol–water partition coefficient (Wildman–Crippen LogP) is 2.52. The van der Waals surface area contributed by atoms with Crippen molar-refractivity contribution in [2.45, 2.75) is 31.4 Å². The van der Waals surface area contributed by atoms with Crippen LogP contribution in [0.3, 0.4) is 0 Å². The lowest BCUT2D eigenvalue weighted by molar-refractivity contribution is 0.529. The van der Waals surface area contributed by atoms with Crippen molar-refractivity contribution in [1.82, 2.24) is 4.98 Å². The van der Waals surface area contributed by atoms with Gasteiger partial charge in [0.2, 0.25) is 5.89 Å². The fourth-order valence-electron chi connectivity index (χ4n) is 2.83. The number of aromatic nitrogens is 1. The third-order valence-electron chi connectivity index (χ3n) is 3.76. The molecule has 0 aliphatic heterocycles. The molecule has 1 aliphatic rings. The van der Waals surface area contributed by atoms with Crippen LogP contribution in [0.15, 0.2) is 22.6 Å². The first kappa shape index (κ1) is 13.4. The molecule has 1 fully saturated rings. The third kappa shape index (κ3) is 2.95. The molecule has 0 spiro atoms. The summed E-state index contributed by atoms with van der Waals surface area (Å²) in [5.74, 6) is 0.676. The van der Waals surface area contributed by atoms with Gasteiger partial charge in [-0.15, -0.1) is 0 Å². The Morgan fingerprint density at radius 1 is 1.30 bits per heavy atom. The normalized spacial score (nSPS) is 17.0. The third-order valence-corrected chi connectivity index (χ3v) is 5.43. The van der Waals surface area contributed by atoms with E-state index in [0.717, 1.165) is 25.7 Å². The maximum absolute atomic E-state index is 12.2. The summed E-state index contributed by atoms with van der Waals surface area (Å²) in [5, 5.41) is 0. The summed E-state index contributed by atoms with van der Waals surface area (Å²) in [4.78, 5) is 4.21. The van der Waals surface area contributed by atoms with Crippen LogP contribution in [0.5, 0.6) is 0 Å². The van der Waals surface area contributed by atoms with Crippen molar-refractivity contribution in [3.63, 3.8) is 0 Å². The Morgan fingerprint density at radius 2 is 2.05 bits per heavy atom. The molecule has 1 aliphatic carbocycles. The smallest absolute Gasteiger partial charge is 0.210 e. The SMILES string of the molecule is Nc1ccc2nc(CS(=O)(=O)CC3CCCC3)oc2c1. The molecule has 0 amide bonds. The van der Waals surface area contributed by atoms with E-state index in [2.05, 4.69) is 4.98 Å². The van der Waals surface area contributed by atoms with Crippen LogP contribution in [0.25, 0.3) is 11.1 Å². The minimum absolute atomic E-state index is 0.127. The van der Waals surface area contributed by atoms with Crippen molar-refractivity contribution in [2.75, 3.05) is 11.5 Å². The Kier molecular flexibility index (Phi) is 3.41. The van der Waals surface area contributed by atoms with Crippen LogP contribution >= 0.6 is 0 Å². The van der Waals surface area contributed by atoms with Crippen molar-refractivity contribution < 1.29 is 12.8 Å². The van der Waals surface area contributed by atoms with E-state index in [1.54, 1.807) is 18.2 Å². The molecule has 0 bridgehead atoms. The molecule has 2 N–H and O–H groups in total. The predicted molar refractivity (Wildman–Crippen MR) is 77.9 cm³/mol. The number of nitrogens with two attached hydrogens (primary N) is 1. The fourth-order valence-corrected chi connectivity index (χ4v) is 4.50. The van der Waals surface area contributed by atoms with Gasteiger partial charge in [0.15, 0.2) is 15.4 Å². The molecule has 0 unspecified atom stereocenters. The van der Waals surface area contributed by atoms with Gasteiger partial charge in [0.1, 0.15) is 11.3 Å². The quantitative estimate of drug-likeness (QED) is 0.876. The lowest BCUT2D eigenvalue weighted by Crippen LogP contribution is -2.15. The zero-order chi connectivity index (χ0) is 14.2. The molecular formula is C14H18N2O3S. The van der Waals surface area contributed by atoms with Crippen LogP contribution in [-0.4, -0.2) is 19.2 Å². The maximum Gasteiger partial charge on any atom is 0.210 e. The average Bonchev–Trinajstić information content (AvgIpc) is 2.96. The second-order valence-corrected chi connectivity index (χ2v) is 7.65. The summed E-state index contributed by atoms with van der Waals surface area (Å²) >= 11 is 0. The first-order valence-electron chi connectivity index (χ1n) is 6.87. The van der Waals surface area contributed by atoms with Crippen molar-refractivity contribution >= 4 is 26.6 Å². The molecule has 6 heteroatoms. The molecule has 1 aromatic heterocycles. The van der Waals surface area contributed by atoms with Crippen LogP contribution in [0, 0.1) is 5.92 Å². The van der Waals surface area contributed by atoms with Crippen molar-refractivity contribution in [1.29, 1.82) is 0 Å². The van der Waals surface area contributed by atoms with Crippen LogP contribution in [0.1, 0.15) is 31.6 Å². The first-order chi connectivity index (χ1) is 9.52. The highest BCUT2D eigenvalue weighted by Crippen LogP contribution is 2.27. The number of benzene rings is 1. The maximum atomic E-state index is 12.2.